The van der Waals surface area contributed by atoms with Crippen molar-refractivity contribution in [2.24, 2.45) is 11.3 Å². The topological polar surface area (TPSA) is 85.9 Å². The van der Waals surface area contributed by atoms with E-state index in [1.165, 1.54) is 30.9 Å². The van der Waals surface area contributed by atoms with Crippen LogP contribution in [0.25, 0.3) is 11.1 Å². The molecule has 3 aromatic rings. The Morgan fingerprint density at radius 3 is 2.40 bits per heavy atom. The van der Waals surface area contributed by atoms with E-state index in [0.29, 0.717) is 41.7 Å². The van der Waals surface area contributed by atoms with Crippen LogP contribution < -0.4 is 30.3 Å². The van der Waals surface area contributed by atoms with E-state index < -0.39 is 0 Å². The van der Waals surface area contributed by atoms with Crippen molar-refractivity contribution >= 4 is 11.6 Å². The first-order valence-corrected chi connectivity index (χ1v) is 16.2. The summed E-state index contributed by atoms with van der Waals surface area (Å²) in [5.74, 6) is 2.01. The van der Waals surface area contributed by atoms with Gasteiger partial charge < -0.3 is 24.8 Å². The molecule has 0 saturated heterocycles. The lowest BCUT2D eigenvalue weighted by atomic mass is 9.50. The minimum atomic E-state index is -0.335. The summed E-state index contributed by atoms with van der Waals surface area (Å²) >= 11 is 0. The molecule has 0 bridgehead atoms. The summed E-state index contributed by atoms with van der Waals surface area (Å²) in [6.45, 7) is 7.11. The molecule has 7 nitrogen and oxygen atoms in total. The van der Waals surface area contributed by atoms with Crippen molar-refractivity contribution in [3.05, 3.63) is 81.0 Å². The van der Waals surface area contributed by atoms with E-state index in [-0.39, 0.29) is 28.2 Å². The third kappa shape index (κ3) is 5.34. The van der Waals surface area contributed by atoms with Crippen LogP contribution >= 0.6 is 0 Å². The highest BCUT2D eigenvalue weighted by atomic mass is 16.5. The van der Waals surface area contributed by atoms with Gasteiger partial charge in [0, 0.05) is 19.0 Å². The Kier molecular flexibility index (Phi) is 8.31. The molecule has 45 heavy (non-hydrogen) atoms. The maximum atomic E-state index is 14.0. The molecule has 0 spiro atoms. The summed E-state index contributed by atoms with van der Waals surface area (Å²) in [4.78, 5) is 26.3. The molecule has 238 valence electrons. The number of hydrogen-bond donors (Lipinski definition) is 2. The van der Waals surface area contributed by atoms with Crippen molar-refractivity contribution in [1.29, 1.82) is 0 Å². The molecule has 0 aliphatic heterocycles. The highest BCUT2D eigenvalue weighted by molar-refractivity contribution is 5.83. The molecular formula is C38H46N2O5. The normalized spacial score (nSPS) is 24.9. The Bertz CT molecular complexity index is 1690. The van der Waals surface area contributed by atoms with Gasteiger partial charge >= 0.3 is 0 Å². The molecule has 0 heterocycles. The maximum Gasteiger partial charge on any atom is 0.217 e. The summed E-state index contributed by atoms with van der Waals surface area (Å²) in [5.41, 5.74) is 7.12. The highest BCUT2D eigenvalue weighted by Crippen LogP contribution is 2.57. The lowest BCUT2D eigenvalue weighted by Gasteiger charge is -2.55. The van der Waals surface area contributed by atoms with Crippen molar-refractivity contribution in [3.63, 3.8) is 0 Å². The Morgan fingerprint density at radius 2 is 1.67 bits per heavy atom. The predicted octanol–water partition coefficient (Wildman–Crippen LogP) is 6.99. The van der Waals surface area contributed by atoms with E-state index in [2.05, 4.69) is 48.7 Å². The van der Waals surface area contributed by atoms with Crippen LogP contribution in [0.1, 0.15) is 81.2 Å². The monoisotopic (exact) mass is 610 g/mol. The number of ether oxygens (including phenoxy) is 3. The number of amides is 1. The zero-order valence-electron chi connectivity index (χ0n) is 27.5. The van der Waals surface area contributed by atoms with Gasteiger partial charge in [0.2, 0.25) is 17.1 Å². The van der Waals surface area contributed by atoms with Crippen LogP contribution in [0.4, 0.5) is 5.69 Å². The van der Waals surface area contributed by atoms with Crippen LogP contribution in [0.15, 0.2) is 53.3 Å². The SMILES string of the molecule is COc1cc2c(c(OC)c1OC)-c1ccc(NC[C@@]3(C)CCC[C@@]4(C)c5ccccc5CC[C@@H]34)c(=O)cc1[C@@H](NC(C)=O)CC2. The number of carbonyl (C=O) groups excluding carboxylic acids is 1. The van der Waals surface area contributed by atoms with Crippen molar-refractivity contribution in [2.75, 3.05) is 33.2 Å². The molecule has 1 saturated carbocycles. The van der Waals surface area contributed by atoms with Crippen LogP contribution in [0.3, 0.4) is 0 Å². The lowest BCUT2D eigenvalue weighted by Crippen LogP contribution is -2.51. The van der Waals surface area contributed by atoms with Gasteiger partial charge in [-0.05, 0) is 101 Å². The minimum Gasteiger partial charge on any atom is -0.493 e. The molecule has 4 atom stereocenters. The maximum absolute atomic E-state index is 14.0. The molecule has 6 rings (SSSR count). The Morgan fingerprint density at radius 1 is 0.911 bits per heavy atom. The summed E-state index contributed by atoms with van der Waals surface area (Å²) in [5, 5.41) is 6.73. The predicted molar refractivity (Wildman–Crippen MR) is 179 cm³/mol. The summed E-state index contributed by atoms with van der Waals surface area (Å²) in [6.07, 6.45) is 7.05. The summed E-state index contributed by atoms with van der Waals surface area (Å²) in [7, 11) is 4.82. The number of fused-ring (bicyclic) bond motifs is 6. The zero-order valence-corrected chi connectivity index (χ0v) is 27.5. The fourth-order valence-electron chi connectivity index (χ4n) is 8.92. The molecular weight excluding hydrogens is 564 g/mol. The number of benzene rings is 2. The van der Waals surface area contributed by atoms with Gasteiger partial charge in [0.1, 0.15) is 0 Å². The quantitative estimate of drug-likeness (QED) is 0.300. The van der Waals surface area contributed by atoms with Gasteiger partial charge in [-0.2, -0.15) is 0 Å². The van der Waals surface area contributed by atoms with Crippen molar-refractivity contribution < 1.29 is 19.0 Å². The second kappa shape index (κ2) is 12.1. The lowest BCUT2D eigenvalue weighted by molar-refractivity contribution is -0.119. The molecule has 3 aromatic carbocycles. The second-order valence-corrected chi connectivity index (χ2v) is 13.6. The van der Waals surface area contributed by atoms with Gasteiger partial charge in [0.15, 0.2) is 11.5 Å². The summed E-state index contributed by atoms with van der Waals surface area (Å²) in [6, 6.07) is 16.2. The Hall–Kier alpha value is -4.00. The third-order valence-corrected chi connectivity index (χ3v) is 11.0. The molecule has 7 heteroatoms. The Balaban J connectivity index is 1.41. The number of hydrogen-bond acceptors (Lipinski definition) is 6. The van der Waals surface area contributed by atoms with Gasteiger partial charge in [-0.1, -0.05) is 50.6 Å². The van der Waals surface area contributed by atoms with Crippen LogP contribution in [-0.2, 0) is 23.1 Å². The average Bonchev–Trinajstić information content (AvgIpc) is 3.27. The fourth-order valence-corrected chi connectivity index (χ4v) is 8.92. The standard InChI is InChI=1S/C38H46N2O5/c1-23(41)40-29-15-12-25-20-32(43-4)35(44-5)36(45-6)34(25)26-14-16-30(31(42)21-27(26)29)39-22-37(2)18-9-19-38(3)28-11-8-7-10-24(28)13-17-33(37)38/h7-8,10-11,14,16,20-21,29,33H,9,12-13,15,17-19,22H2,1-6H3,(H,39,42)(H,40,41)/t29-,33-,37+,38-/m0/s1. The first-order chi connectivity index (χ1) is 21.6. The first-order valence-electron chi connectivity index (χ1n) is 16.2. The van der Waals surface area contributed by atoms with Crippen molar-refractivity contribution in [1.82, 2.24) is 5.32 Å². The molecule has 1 fully saturated rings. The molecule has 3 aliphatic rings. The van der Waals surface area contributed by atoms with Crippen molar-refractivity contribution in [3.8, 4) is 28.4 Å². The van der Waals surface area contributed by atoms with E-state index in [1.807, 2.05) is 18.2 Å². The van der Waals surface area contributed by atoms with Gasteiger partial charge in [-0.15, -0.1) is 0 Å². The molecule has 1 amide bonds. The fraction of sp³-hybridized carbons (Fsp3) is 0.474. The highest BCUT2D eigenvalue weighted by Gasteiger charge is 2.51. The van der Waals surface area contributed by atoms with E-state index >= 15 is 0 Å². The number of rotatable bonds is 7. The van der Waals surface area contributed by atoms with Crippen molar-refractivity contribution in [2.45, 2.75) is 77.2 Å². The molecule has 0 radical (unpaired) electrons. The van der Waals surface area contributed by atoms with Gasteiger partial charge in [0.25, 0.3) is 0 Å². The smallest absolute Gasteiger partial charge is 0.217 e. The van der Waals surface area contributed by atoms with Gasteiger partial charge in [0.05, 0.1) is 33.1 Å². The van der Waals surface area contributed by atoms with E-state index in [0.717, 1.165) is 48.1 Å². The number of carbonyl (C=O) groups is 1. The van der Waals surface area contributed by atoms with E-state index in [1.54, 1.807) is 27.4 Å². The molecule has 0 aromatic heterocycles. The number of aryl methyl sites for hydroxylation is 2. The average molecular weight is 611 g/mol. The second-order valence-electron chi connectivity index (χ2n) is 13.6. The third-order valence-electron chi connectivity index (χ3n) is 11.0. The number of anilines is 1. The van der Waals surface area contributed by atoms with E-state index in [9.17, 15) is 9.59 Å². The minimum absolute atomic E-state index is 0.0386. The molecule has 2 N–H and O–H groups in total. The number of nitrogens with one attached hydrogen (secondary N) is 2. The molecule has 0 unspecified atom stereocenters. The summed E-state index contributed by atoms with van der Waals surface area (Å²) < 4.78 is 17.3. The largest absolute Gasteiger partial charge is 0.493 e. The molecule has 3 aliphatic carbocycles. The van der Waals surface area contributed by atoms with Crippen LogP contribution in [0, 0.1) is 11.3 Å². The zero-order chi connectivity index (χ0) is 31.9. The van der Waals surface area contributed by atoms with Gasteiger partial charge in [-0.3, -0.25) is 9.59 Å². The van der Waals surface area contributed by atoms with Crippen LogP contribution in [0.2, 0.25) is 0 Å². The van der Waals surface area contributed by atoms with E-state index in [4.69, 9.17) is 14.2 Å². The van der Waals surface area contributed by atoms with Crippen LogP contribution in [0.5, 0.6) is 17.2 Å². The van der Waals surface area contributed by atoms with Gasteiger partial charge in [-0.25, -0.2) is 0 Å². The first kappa shape index (κ1) is 31.0. The number of methoxy groups -OCH3 is 3. The Labute approximate surface area is 266 Å². The van der Waals surface area contributed by atoms with Crippen LogP contribution in [-0.4, -0.2) is 33.8 Å².